The molecule has 3 nitrogen and oxygen atoms in total. The molecule has 0 atom stereocenters. The molecular formula is C17H22FNO2. The molecule has 2 aliphatic rings. The van der Waals surface area contributed by atoms with Gasteiger partial charge in [-0.1, -0.05) is 25.3 Å². The van der Waals surface area contributed by atoms with Crippen molar-refractivity contribution >= 4 is 11.7 Å². The largest absolute Gasteiger partial charge is 0.478 e. The van der Waals surface area contributed by atoms with Gasteiger partial charge < -0.3 is 10.0 Å². The zero-order chi connectivity index (χ0) is 14.9. The molecule has 4 heteroatoms. The van der Waals surface area contributed by atoms with Crippen LogP contribution < -0.4 is 4.90 Å². The van der Waals surface area contributed by atoms with Crippen molar-refractivity contribution in [2.24, 2.45) is 5.41 Å². The molecule has 0 amide bonds. The molecule has 0 radical (unpaired) electrons. The summed E-state index contributed by atoms with van der Waals surface area (Å²) in [6, 6.07) is 4.31. The smallest absolute Gasteiger partial charge is 0.337 e. The van der Waals surface area contributed by atoms with Crippen molar-refractivity contribution in [3.63, 3.8) is 0 Å². The Hall–Kier alpha value is -1.58. The van der Waals surface area contributed by atoms with Crippen LogP contribution in [0, 0.1) is 11.2 Å². The fraction of sp³-hybridized carbons (Fsp3) is 0.588. The Kier molecular flexibility index (Phi) is 3.87. The molecule has 0 unspecified atom stereocenters. The van der Waals surface area contributed by atoms with Gasteiger partial charge in [0.15, 0.2) is 0 Å². The first-order chi connectivity index (χ1) is 10.1. The Labute approximate surface area is 124 Å². The molecule has 2 fully saturated rings. The van der Waals surface area contributed by atoms with Gasteiger partial charge in [0.05, 0.1) is 11.3 Å². The Morgan fingerprint density at radius 2 is 1.76 bits per heavy atom. The van der Waals surface area contributed by atoms with Crippen LogP contribution in [0.15, 0.2) is 18.2 Å². The second-order valence-electron chi connectivity index (χ2n) is 6.49. The van der Waals surface area contributed by atoms with E-state index in [1.807, 2.05) is 4.90 Å². The second-order valence-corrected chi connectivity index (χ2v) is 6.49. The van der Waals surface area contributed by atoms with Crippen LogP contribution in [-0.2, 0) is 0 Å². The van der Waals surface area contributed by atoms with Gasteiger partial charge in [-0.2, -0.15) is 0 Å². The molecule has 1 saturated carbocycles. The van der Waals surface area contributed by atoms with Crippen molar-refractivity contribution in [2.45, 2.75) is 44.9 Å². The lowest BCUT2D eigenvalue weighted by molar-refractivity contribution is 0.0696. The lowest BCUT2D eigenvalue weighted by Gasteiger charge is -2.45. The van der Waals surface area contributed by atoms with Crippen molar-refractivity contribution in [3.05, 3.63) is 29.6 Å². The van der Waals surface area contributed by atoms with Crippen LogP contribution in [0.5, 0.6) is 0 Å². The molecule has 1 aromatic rings. The number of rotatable bonds is 2. The lowest BCUT2D eigenvalue weighted by atomic mass is 9.68. The summed E-state index contributed by atoms with van der Waals surface area (Å²) in [5, 5.41) is 9.27. The topological polar surface area (TPSA) is 40.5 Å². The highest BCUT2D eigenvalue weighted by atomic mass is 19.1. The van der Waals surface area contributed by atoms with Gasteiger partial charge >= 0.3 is 5.97 Å². The van der Waals surface area contributed by atoms with E-state index >= 15 is 0 Å². The summed E-state index contributed by atoms with van der Waals surface area (Å²) in [6.07, 6.45) is 8.62. The van der Waals surface area contributed by atoms with E-state index in [0.717, 1.165) is 25.9 Å². The zero-order valence-electron chi connectivity index (χ0n) is 12.3. The number of carboxylic acids is 1. The average Bonchev–Trinajstić information content (AvgIpc) is 2.49. The molecule has 1 aliphatic heterocycles. The van der Waals surface area contributed by atoms with E-state index in [2.05, 4.69) is 0 Å². The van der Waals surface area contributed by atoms with Gasteiger partial charge in [-0.25, -0.2) is 9.18 Å². The minimum absolute atomic E-state index is 0.0783. The highest BCUT2D eigenvalue weighted by molar-refractivity contribution is 5.94. The Morgan fingerprint density at radius 1 is 1.10 bits per heavy atom. The predicted octanol–water partition coefficient (Wildman–Crippen LogP) is 4.07. The number of hydrogen-bond acceptors (Lipinski definition) is 2. The maximum Gasteiger partial charge on any atom is 0.337 e. The van der Waals surface area contributed by atoms with Crippen LogP contribution in [0.1, 0.15) is 55.3 Å². The molecule has 21 heavy (non-hydrogen) atoms. The van der Waals surface area contributed by atoms with Crippen LogP contribution in [-0.4, -0.2) is 24.2 Å². The SMILES string of the molecule is O=C(O)c1cccc(F)c1N1CCC2(CCCCC2)CC1. The summed E-state index contributed by atoms with van der Waals surface area (Å²) >= 11 is 0. The zero-order valence-corrected chi connectivity index (χ0v) is 12.3. The van der Waals surface area contributed by atoms with Crippen molar-refractivity contribution in [1.29, 1.82) is 0 Å². The minimum atomic E-state index is -1.05. The molecule has 1 saturated heterocycles. The summed E-state index contributed by atoms with van der Waals surface area (Å²) in [4.78, 5) is 13.2. The van der Waals surface area contributed by atoms with Crippen LogP contribution >= 0.6 is 0 Å². The molecule has 3 rings (SSSR count). The molecule has 1 N–H and O–H groups in total. The van der Waals surface area contributed by atoms with E-state index in [-0.39, 0.29) is 11.3 Å². The molecule has 1 heterocycles. The minimum Gasteiger partial charge on any atom is -0.478 e. The molecule has 1 aromatic carbocycles. The third-order valence-corrected chi connectivity index (χ3v) is 5.27. The van der Waals surface area contributed by atoms with Gasteiger partial charge in [-0.15, -0.1) is 0 Å². The average molecular weight is 291 g/mol. The monoisotopic (exact) mass is 291 g/mol. The van der Waals surface area contributed by atoms with Crippen LogP contribution in [0.2, 0.25) is 0 Å². The summed E-state index contributed by atoms with van der Waals surface area (Å²) in [5.74, 6) is -1.48. The van der Waals surface area contributed by atoms with E-state index in [9.17, 15) is 14.3 Å². The number of piperidine rings is 1. The van der Waals surface area contributed by atoms with E-state index < -0.39 is 11.8 Å². The van der Waals surface area contributed by atoms with Gasteiger partial charge in [-0.05, 0) is 43.2 Å². The second kappa shape index (κ2) is 5.66. The fourth-order valence-corrected chi connectivity index (χ4v) is 4.02. The lowest BCUT2D eigenvalue weighted by Crippen LogP contribution is -2.42. The number of anilines is 1. The van der Waals surface area contributed by atoms with Crippen molar-refractivity contribution in [1.82, 2.24) is 0 Å². The maximum atomic E-state index is 14.1. The van der Waals surface area contributed by atoms with Crippen LogP contribution in [0.25, 0.3) is 0 Å². The van der Waals surface area contributed by atoms with Gasteiger partial charge in [0.1, 0.15) is 5.82 Å². The van der Waals surface area contributed by atoms with Gasteiger partial charge in [0, 0.05) is 13.1 Å². The standard InChI is InChI=1S/C17H22FNO2/c18-14-6-4-5-13(16(20)21)15(14)19-11-9-17(10-12-19)7-2-1-3-8-17/h4-6H,1-3,7-12H2,(H,20,21). The van der Waals surface area contributed by atoms with Crippen molar-refractivity contribution in [2.75, 3.05) is 18.0 Å². The van der Waals surface area contributed by atoms with Crippen molar-refractivity contribution in [3.8, 4) is 0 Å². The first-order valence-corrected chi connectivity index (χ1v) is 7.88. The quantitative estimate of drug-likeness (QED) is 0.892. The van der Waals surface area contributed by atoms with Crippen LogP contribution in [0.3, 0.4) is 0 Å². The van der Waals surface area contributed by atoms with E-state index in [4.69, 9.17) is 0 Å². The number of halogens is 1. The van der Waals surface area contributed by atoms with E-state index in [1.165, 1.54) is 50.3 Å². The Bertz CT molecular complexity index is 528. The Balaban J connectivity index is 1.79. The van der Waals surface area contributed by atoms with Gasteiger partial charge in [0.2, 0.25) is 0 Å². The molecule has 114 valence electrons. The number of hydrogen-bond donors (Lipinski definition) is 1. The van der Waals surface area contributed by atoms with E-state index in [0.29, 0.717) is 5.41 Å². The summed E-state index contributed by atoms with van der Waals surface area (Å²) in [5.41, 5.74) is 0.786. The van der Waals surface area contributed by atoms with E-state index in [1.54, 1.807) is 0 Å². The summed E-state index contributed by atoms with van der Waals surface area (Å²) in [7, 11) is 0. The third kappa shape index (κ3) is 2.76. The fourth-order valence-electron chi connectivity index (χ4n) is 4.02. The number of benzene rings is 1. The van der Waals surface area contributed by atoms with Crippen molar-refractivity contribution < 1.29 is 14.3 Å². The number of carboxylic acid groups (broad SMARTS) is 1. The third-order valence-electron chi connectivity index (χ3n) is 5.27. The number of carbonyl (C=O) groups is 1. The molecule has 0 aromatic heterocycles. The number of para-hydroxylation sites is 1. The summed E-state index contributed by atoms with van der Waals surface area (Å²) in [6.45, 7) is 1.53. The maximum absolute atomic E-state index is 14.1. The molecule has 0 bridgehead atoms. The predicted molar refractivity (Wildman–Crippen MR) is 80.3 cm³/mol. The number of aromatic carboxylic acids is 1. The summed E-state index contributed by atoms with van der Waals surface area (Å²) < 4.78 is 14.1. The highest BCUT2D eigenvalue weighted by Gasteiger charge is 2.36. The number of nitrogens with zero attached hydrogens (tertiary/aromatic N) is 1. The first kappa shape index (κ1) is 14.4. The Morgan fingerprint density at radius 3 is 2.38 bits per heavy atom. The van der Waals surface area contributed by atoms with Gasteiger partial charge in [-0.3, -0.25) is 0 Å². The highest BCUT2D eigenvalue weighted by Crippen LogP contribution is 2.45. The first-order valence-electron chi connectivity index (χ1n) is 7.88. The molecule has 1 aliphatic carbocycles. The molecule has 1 spiro atoms. The normalized spacial score (nSPS) is 21.5. The van der Waals surface area contributed by atoms with Gasteiger partial charge in [0.25, 0.3) is 0 Å². The van der Waals surface area contributed by atoms with Crippen LogP contribution in [0.4, 0.5) is 10.1 Å². The molecular weight excluding hydrogens is 269 g/mol.